The number of H-pyrrole nitrogens is 1. The minimum Gasteiger partial charge on any atom is -0.497 e. The molecule has 0 aliphatic carbocycles. The van der Waals surface area contributed by atoms with Gasteiger partial charge in [-0.05, 0) is 36.8 Å². The van der Waals surface area contributed by atoms with Gasteiger partial charge in [0, 0.05) is 35.1 Å². The van der Waals surface area contributed by atoms with E-state index in [-0.39, 0.29) is 11.9 Å². The number of aromatic amines is 1. The molecule has 1 N–H and O–H groups in total. The molecule has 2 aliphatic rings. The molecule has 3 aromatic rings. The molecule has 30 heavy (non-hydrogen) atoms. The first kappa shape index (κ1) is 18.5. The number of hydrogen-bond donors (Lipinski definition) is 1. The highest BCUT2D eigenvalue weighted by atomic mass is 16.5. The Morgan fingerprint density at radius 2 is 1.90 bits per heavy atom. The van der Waals surface area contributed by atoms with Gasteiger partial charge >= 0.3 is 6.03 Å². The number of rotatable bonds is 4. The molecule has 2 aliphatic heterocycles. The van der Waals surface area contributed by atoms with Crippen molar-refractivity contribution in [2.24, 2.45) is 0 Å². The van der Waals surface area contributed by atoms with Crippen LogP contribution in [0.5, 0.6) is 11.5 Å². The standard InChI is InChI=1S/C23H23N3O4/c1-4-25-22(27)18-12-15-14-7-5-6-8-17(14)24-20(15)21(26(18)23(25)28)16-11-13(29-2)9-10-19(16)30-3/h5-11,18,21,24H,4,12H2,1-3H3/t18-,21+/m1/s1. The number of nitrogens with zero attached hydrogens (tertiary/aromatic N) is 2. The largest absolute Gasteiger partial charge is 0.497 e. The summed E-state index contributed by atoms with van der Waals surface area (Å²) in [6.45, 7) is 2.17. The average Bonchev–Trinajstić information content (AvgIpc) is 3.26. The van der Waals surface area contributed by atoms with Gasteiger partial charge in [0.15, 0.2) is 0 Å². The van der Waals surface area contributed by atoms with Gasteiger partial charge < -0.3 is 14.5 Å². The van der Waals surface area contributed by atoms with Crippen LogP contribution in [0.4, 0.5) is 4.79 Å². The number of amides is 3. The summed E-state index contributed by atoms with van der Waals surface area (Å²) in [4.78, 5) is 32.9. The van der Waals surface area contributed by atoms with Gasteiger partial charge in [0.2, 0.25) is 0 Å². The van der Waals surface area contributed by atoms with Crippen LogP contribution in [0, 0.1) is 0 Å². The van der Waals surface area contributed by atoms with Gasteiger partial charge in [-0.3, -0.25) is 14.6 Å². The molecule has 0 bridgehead atoms. The Labute approximate surface area is 174 Å². The molecule has 7 heteroatoms. The first-order valence-corrected chi connectivity index (χ1v) is 10.0. The van der Waals surface area contributed by atoms with Crippen molar-refractivity contribution in [3.05, 3.63) is 59.3 Å². The lowest BCUT2D eigenvalue weighted by atomic mass is 9.88. The van der Waals surface area contributed by atoms with E-state index in [1.807, 2.05) is 43.3 Å². The molecule has 1 aromatic heterocycles. The minimum atomic E-state index is -0.537. The number of urea groups is 1. The number of methoxy groups -OCH3 is 2. The summed E-state index contributed by atoms with van der Waals surface area (Å²) >= 11 is 0. The van der Waals surface area contributed by atoms with Crippen LogP contribution in [0.15, 0.2) is 42.5 Å². The average molecular weight is 405 g/mol. The van der Waals surface area contributed by atoms with E-state index < -0.39 is 12.1 Å². The van der Waals surface area contributed by atoms with Crippen molar-refractivity contribution in [2.45, 2.75) is 25.4 Å². The summed E-state index contributed by atoms with van der Waals surface area (Å²) < 4.78 is 11.1. The van der Waals surface area contributed by atoms with Crippen LogP contribution in [0.2, 0.25) is 0 Å². The summed E-state index contributed by atoms with van der Waals surface area (Å²) in [7, 11) is 3.21. The molecule has 1 saturated heterocycles. The van der Waals surface area contributed by atoms with E-state index in [2.05, 4.69) is 11.1 Å². The number of carbonyl (C=O) groups excluding carboxylic acids is 2. The maximum atomic E-state index is 13.3. The summed E-state index contributed by atoms with van der Waals surface area (Å²) in [5, 5.41) is 1.08. The second-order valence-corrected chi connectivity index (χ2v) is 7.57. The van der Waals surface area contributed by atoms with E-state index in [0.717, 1.165) is 27.7 Å². The number of benzene rings is 2. The molecule has 2 atom stereocenters. The molecule has 0 spiro atoms. The number of nitrogens with one attached hydrogen (secondary N) is 1. The number of aromatic nitrogens is 1. The third-order valence-corrected chi connectivity index (χ3v) is 6.18. The van der Waals surface area contributed by atoms with E-state index in [1.165, 1.54) is 4.90 Å². The molecule has 2 aromatic carbocycles. The monoisotopic (exact) mass is 405 g/mol. The quantitative estimate of drug-likeness (QED) is 0.675. The zero-order chi connectivity index (χ0) is 21.0. The Morgan fingerprint density at radius 1 is 1.10 bits per heavy atom. The molecule has 0 unspecified atom stereocenters. The van der Waals surface area contributed by atoms with Crippen molar-refractivity contribution >= 4 is 22.8 Å². The normalized spacial score (nSPS) is 20.5. The minimum absolute atomic E-state index is 0.148. The third kappa shape index (κ3) is 2.44. The fraction of sp³-hybridized carbons (Fsp3) is 0.304. The van der Waals surface area contributed by atoms with Crippen molar-refractivity contribution < 1.29 is 19.1 Å². The number of imide groups is 1. The summed E-state index contributed by atoms with van der Waals surface area (Å²) in [5.41, 5.74) is 3.76. The van der Waals surface area contributed by atoms with E-state index in [9.17, 15) is 9.59 Å². The number of carbonyl (C=O) groups is 2. The van der Waals surface area contributed by atoms with Gasteiger partial charge in [-0.15, -0.1) is 0 Å². The fourth-order valence-corrected chi connectivity index (χ4v) is 4.80. The van der Waals surface area contributed by atoms with Crippen LogP contribution in [0.25, 0.3) is 10.9 Å². The Kier molecular flexibility index (Phi) is 4.20. The zero-order valence-corrected chi connectivity index (χ0v) is 17.1. The van der Waals surface area contributed by atoms with Crippen LogP contribution in [-0.4, -0.2) is 53.5 Å². The van der Waals surface area contributed by atoms with Crippen LogP contribution < -0.4 is 9.47 Å². The summed E-state index contributed by atoms with van der Waals surface area (Å²) in [5.74, 6) is 1.16. The molecule has 154 valence electrons. The highest BCUT2D eigenvalue weighted by Gasteiger charge is 2.52. The maximum Gasteiger partial charge on any atom is 0.328 e. The Hall–Kier alpha value is -3.48. The predicted molar refractivity (Wildman–Crippen MR) is 112 cm³/mol. The van der Waals surface area contributed by atoms with Crippen molar-refractivity contribution in [3.63, 3.8) is 0 Å². The number of hydrogen-bond acceptors (Lipinski definition) is 4. The zero-order valence-electron chi connectivity index (χ0n) is 17.1. The highest BCUT2D eigenvalue weighted by Crippen LogP contribution is 2.46. The molecule has 0 radical (unpaired) electrons. The Balaban J connectivity index is 1.79. The number of fused-ring (bicyclic) bond motifs is 4. The smallest absolute Gasteiger partial charge is 0.328 e. The van der Waals surface area contributed by atoms with Gasteiger partial charge in [0.05, 0.1) is 14.2 Å². The number of likely N-dealkylation sites (N-methyl/N-ethyl adjacent to an activating group) is 1. The fourth-order valence-electron chi connectivity index (χ4n) is 4.80. The number of para-hydroxylation sites is 1. The second kappa shape index (κ2) is 6.79. The molecule has 3 heterocycles. The van der Waals surface area contributed by atoms with Gasteiger partial charge in [0.25, 0.3) is 5.91 Å². The van der Waals surface area contributed by atoms with Crippen LogP contribution >= 0.6 is 0 Å². The SMILES string of the molecule is CCN1C(=O)[C@H]2Cc3c([nH]c4ccccc34)[C@H](c3cc(OC)ccc3OC)N2C1=O. The van der Waals surface area contributed by atoms with Crippen molar-refractivity contribution in [1.82, 2.24) is 14.8 Å². The van der Waals surface area contributed by atoms with Crippen LogP contribution in [0.3, 0.4) is 0 Å². The van der Waals surface area contributed by atoms with E-state index >= 15 is 0 Å². The van der Waals surface area contributed by atoms with E-state index in [4.69, 9.17) is 9.47 Å². The van der Waals surface area contributed by atoms with Gasteiger partial charge in [-0.1, -0.05) is 18.2 Å². The topological polar surface area (TPSA) is 74.9 Å². The maximum absolute atomic E-state index is 13.3. The predicted octanol–water partition coefficient (Wildman–Crippen LogP) is 3.48. The van der Waals surface area contributed by atoms with Crippen LogP contribution in [-0.2, 0) is 11.2 Å². The molecular weight excluding hydrogens is 382 g/mol. The lowest BCUT2D eigenvalue weighted by molar-refractivity contribution is -0.128. The Bertz CT molecular complexity index is 1170. The molecule has 1 fully saturated rings. The highest BCUT2D eigenvalue weighted by molar-refractivity contribution is 6.05. The van der Waals surface area contributed by atoms with Gasteiger partial charge in [-0.25, -0.2) is 4.79 Å². The van der Waals surface area contributed by atoms with Crippen molar-refractivity contribution in [2.75, 3.05) is 20.8 Å². The van der Waals surface area contributed by atoms with Crippen molar-refractivity contribution in [1.29, 1.82) is 0 Å². The number of ether oxygens (including phenoxy) is 2. The Morgan fingerprint density at radius 3 is 2.63 bits per heavy atom. The lowest BCUT2D eigenvalue weighted by Crippen LogP contribution is -2.44. The molecule has 5 rings (SSSR count). The first-order valence-electron chi connectivity index (χ1n) is 10.0. The van der Waals surface area contributed by atoms with E-state index in [1.54, 1.807) is 19.1 Å². The van der Waals surface area contributed by atoms with Crippen LogP contribution in [0.1, 0.15) is 29.8 Å². The van der Waals surface area contributed by atoms with Crippen molar-refractivity contribution in [3.8, 4) is 11.5 Å². The first-order chi connectivity index (χ1) is 14.6. The van der Waals surface area contributed by atoms with Gasteiger partial charge in [-0.2, -0.15) is 0 Å². The van der Waals surface area contributed by atoms with Gasteiger partial charge in [0.1, 0.15) is 23.6 Å². The third-order valence-electron chi connectivity index (χ3n) is 6.18. The molecular formula is C23H23N3O4. The summed E-state index contributed by atoms with van der Waals surface area (Å²) in [6, 6.07) is 12.3. The van der Waals surface area contributed by atoms with E-state index in [0.29, 0.717) is 24.5 Å². The molecule has 0 saturated carbocycles. The molecule has 7 nitrogen and oxygen atoms in total. The lowest BCUT2D eigenvalue weighted by Gasteiger charge is -2.36. The molecule has 3 amide bonds. The second-order valence-electron chi connectivity index (χ2n) is 7.57. The summed E-state index contributed by atoms with van der Waals surface area (Å²) in [6.07, 6.45) is 0.489.